The van der Waals surface area contributed by atoms with Crippen molar-refractivity contribution in [1.82, 2.24) is 10.3 Å². The van der Waals surface area contributed by atoms with Crippen molar-refractivity contribution in [2.45, 2.75) is 6.32 Å². The highest BCUT2D eigenvalue weighted by Crippen LogP contribution is 1.91. The van der Waals surface area contributed by atoms with Crippen LogP contribution in [0.1, 0.15) is 0 Å². The van der Waals surface area contributed by atoms with Crippen LogP contribution in [0, 0.1) is 0 Å². The summed E-state index contributed by atoms with van der Waals surface area (Å²) in [6.45, 7) is 0.218. The highest BCUT2D eigenvalue weighted by Gasteiger charge is 2.13. The van der Waals surface area contributed by atoms with Crippen LogP contribution < -0.4 is 11.3 Å². The Kier molecular flexibility index (Phi) is 5.91. The van der Waals surface area contributed by atoms with E-state index in [1.165, 1.54) is 0 Å². The second-order valence-corrected chi connectivity index (χ2v) is 2.37. The number of nitrogens with two attached hydrogens (primary N) is 1. The highest BCUT2D eigenvalue weighted by atomic mass is 16.4. The van der Waals surface area contributed by atoms with Crippen LogP contribution in [-0.2, 0) is 9.59 Å². The maximum absolute atomic E-state index is 11.0. The van der Waals surface area contributed by atoms with Gasteiger partial charge in [0.15, 0.2) is 0 Å². The Morgan fingerprint density at radius 3 is 2.54 bits per heavy atom. The fourth-order valence-corrected chi connectivity index (χ4v) is 0.784. The van der Waals surface area contributed by atoms with Gasteiger partial charge in [-0.05, 0) is 6.32 Å². The van der Waals surface area contributed by atoms with Crippen LogP contribution >= 0.6 is 0 Å². The summed E-state index contributed by atoms with van der Waals surface area (Å²) < 4.78 is 0. The van der Waals surface area contributed by atoms with Gasteiger partial charge in [0.25, 0.3) is 0 Å². The second kappa shape index (κ2) is 6.44. The van der Waals surface area contributed by atoms with Crippen LogP contribution in [0.25, 0.3) is 0 Å². The minimum atomic E-state index is -1.07. The molecule has 0 unspecified atom stereocenters. The topological polar surface area (TPSA) is 95.7 Å². The molecule has 6 nitrogen and oxygen atoms in total. The highest BCUT2D eigenvalue weighted by molar-refractivity contribution is 6.19. The molecule has 13 heavy (non-hydrogen) atoms. The van der Waals surface area contributed by atoms with Gasteiger partial charge in [-0.15, -0.1) is 0 Å². The van der Waals surface area contributed by atoms with Crippen molar-refractivity contribution >= 4 is 19.7 Å². The molecule has 2 radical (unpaired) electrons. The third kappa shape index (κ3) is 5.21. The van der Waals surface area contributed by atoms with Gasteiger partial charge >= 0.3 is 5.97 Å². The first kappa shape index (κ1) is 11.9. The van der Waals surface area contributed by atoms with E-state index in [4.69, 9.17) is 18.8 Å². The average molecular weight is 185 g/mol. The number of carboxylic acids is 1. The Labute approximate surface area is 77.5 Å². The summed E-state index contributed by atoms with van der Waals surface area (Å²) in [6.07, 6.45) is -0.197. The number of carbonyl (C=O) groups excluding carboxylic acids is 1. The Balaban J connectivity index is 4.02. The van der Waals surface area contributed by atoms with Gasteiger partial charge in [0.05, 0.1) is 7.85 Å². The maximum Gasteiger partial charge on any atom is 0.323 e. The predicted molar refractivity (Wildman–Crippen MR) is 47.0 cm³/mol. The van der Waals surface area contributed by atoms with Crippen molar-refractivity contribution in [3.63, 3.8) is 0 Å². The molecular weight excluding hydrogens is 173 g/mol. The van der Waals surface area contributed by atoms with Crippen molar-refractivity contribution in [2.24, 2.45) is 5.84 Å². The quantitative estimate of drug-likeness (QED) is 0.251. The molecule has 0 aromatic heterocycles. The fraction of sp³-hybridized carbons (Fsp3) is 0.667. The van der Waals surface area contributed by atoms with Crippen LogP contribution in [0.15, 0.2) is 0 Å². The number of nitrogens with one attached hydrogen (secondary N) is 1. The number of rotatable bonds is 6. The van der Waals surface area contributed by atoms with E-state index in [1.807, 2.05) is 0 Å². The first-order valence-corrected chi connectivity index (χ1v) is 3.75. The van der Waals surface area contributed by atoms with E-state index in [0.717, 1.165) is 4.90 Å². The SMILES string of the molecule is [B]CC(=O)N(CCNN)CC(=O)O. The molecule has 72 valence electrons. The average Bonchev–Trinajstić information content (AvgIpc) is 2.10. The van der Waals surface area contributed by atoms with Crippen molar-refractivity contribution in [2.75, 3.05) is 19.6 Å². The molecule has 0 fully saturated rings. The summed E-state index contributed by atoms with van der Waals surface area (Å²) in [5, 5.41) is 8.44. The summed E-state index contributed by atoms with van der Waals surface area (Å²) in [7, 11) is 5.08. The Morgan fingerprint density at radius 1 is 1.54 bits per heavy atom. The molecule has 4 N–H and O–H groups in total. The lowest BCUT2D eigenvalue weighted by atomic mass is 10.0. The van der Waals surface area contributed by atoms with Gasteiger partial charge in [0.2, 0.25) is 5.91 Å². The molecule has 0 aliphatic rings. The molecule has 0 rings (SSSR count). The number of carbonyl (C=O) groups is 2. The Morgan fingerprint density at radius 2 is 2.15 bits per heavy atom. The number of hydrogen-bond acceptors (Lipinski definition) is 4. The molecule has 7 heteroatoms. The number of hydrazine groups is 1. The number of hydrogen-bond donors (Lipinski definition) is 3. The van der Waals surface area contributed by atoms with E-state index < -0.39 is 11.9 Å². The van der Waals surface area contributed by atoms with Gasteiger partial charge < -0.3 is 10.0 Å². The number of nitrogens with zero attached hydrogens (tertiary/aromatic N) is 1. The molecule has 0 heterocycles. The van der Waals surface area contributed by atoms with E-state index in [-0.39, 0.29) is 19.4 Å². The molecule has 0 saturated heterocycles. The third-order valence-corrected chi connectivity index (χ3v) is 1.38. The van der Waals surface area contributed by atoms with Crippen LogP contribution in [0.2, 0.25) is 6.32 Å². The largest absolute Gasteiger partial charge is 0.480 e. The summed E-state index contributed by atoms with van der Waals surface area (Å²) in [5.74, 6) is 3.51. The third-order valence-electron chi connectivity index (χ3n) is 1.38. The summed E-state index contributed by atoms with van der Waals surface area (Å²) in [5.41, 5.74) is 2.32. The van der Waals surface area contributed by atoms with E-state index in [9.17, 15) is 9.59 Å². The second-order valence-electron chi connectivity index (χ2n) is 2.37. The molecule has 0 saturated carbocycles. The molecule has 0 spiro atoms. The van der Waals surface area contributed by atoms with Gasteiger partial charge in [-0.2, -0.15) is 0 Å². The zero-order chi connectivity index (χ0) is 10.3. The van der Waals surface area contributed by atoms with Crippen molar-refractivity contribution in [3.8, 4) is 0 Å². The summed E-state index contributed by atoms with van der Waals surface area (Å²) in [6, 6.07) is 0. The van der Waals surface area contributed by atoms with E-state index in [0.29, 0.717) is 6.54 Å². The molecule has 0 aliphatic heterocycles. The number of carboxylic acid groups (broad SMARTS) is 1. The van der Waals surface area contributed by atoms with Crippen LogP contribution in [0.4, 0.5) is 0 Å². The Hall–Kier alpha value is -1.08. The summed E-state index contributed by atoms with van der Waals surface area (Å²) in [4.78, 5) is 22.5. The number of amides is 1. The fourth-order valence-electron chi connectivity index (χ4n) is 0.784. The molecule has 1 amide bonds. The van der Waals surface area contributed by atoms with Gasteiger partial charge in [-0.25, -0.2) is 0 Å². The monoisotopic (exact) mass is 185 g/mol. The van der Waals surface area contributed by atoms with Crippen LogP contribution in [-0.4, -0.2) is 49.4 Å². The van der Waals surface area contributed by atoms with E-state index in [2.05, 4.69) is 5.43 Å². The molecule has 0 aromatic rings. The smallest absolute Gasteiger partial charge is 0.323 e. The Bertz CT molecular complexity index is 188. The predicted octanol–water partition coefficient (Wildman–Crippen LogP) is -2.05. The lowest BCUT2D eigenvalue weighted by Gasteiger charge is -2.19. The zero-order valence-corrected chi connectivity index (χ0v) is 7.19. The lowest BCUT2D eigenvalue weighted by molar-refractivity contribution is -0.143. The van der Waals surface area contributed by atoms with E-state index >= 15 is 0 Å². The number of aliphatic carboxylic acids is 1. The lowest BCUT2D eigenvalue weighted by Crippen LogP contribution is -2.41. The summed E-state index contributed by atoms with van der Waals surface area (Å²) >= 11 is 0. The molecule has 0 aromatic carbocycles. The minimum absolute atomic E-state index is 0.197. The normalized spacial score (nSPS) is 9.62. The van der Waals surface area contributed by atoms with Crippen molar-refractivity contribution in [3.05, 3.63) is 0 Å². The maximum atomic E-state index is 11.0. The molecule has 0 aliphatic carbocycles. The molecular formula is C6H12BN3O3. The molecule has 0 bridgehead atoms. The first-order valence-electron chi connectivity index (χ1n) is 3.75. The van der Waals surface area contributed by atoms with Gasteiger partial charge in [0.1, 0.15) is 6.54 Å². The first-order chi connectivity index (χ1) is 6.11. The van der Waals surface area contributed by atoms with Crippen LogP contribution in [0.3, 0.4) is 0 Å². The van der Waals surface area contributed by atoms with Gasteiger partial charge in [-0.1, -0.05) is 0 Å². The van der Waals surface area contributed by atoms with Crippen LogP contribution in [0.5, 0.6) is 0 Å². The van der Waals surface area contributed by atoms with Crippen molar-refractivity contribution in [1.29, 1.82) is 0 Å². The van der Waals surface area contributed by atoms with Crippen molar-refractivity contribution < 1.29 is 14.7 Å². The zero-order valence-electron chi connectivity index (χ0n) is 7.19. The van der Waals surface area contributed by atoms with Gasteiger partial charge in [0, 0.05) is 13.1 Å². The standard InChI is InChI=1S/C6H12BN3O3/c7-3-5(11)10(2-1-9-8)4-6(12)13/h9H,1-4,8H2,(H,12,13). The van der Waals surface area contributed by atoms with E-state index in [1.54, 1.807) is 0 Å². The minimum Gasteiger partial charge on any atom is -0.480 e. The molecule has 0 atom stereocenters. The van der Waals surface area contributed by atoms with Gasteiger partial charge in [-0.3, -0.25) is 20.9 Å².